The van der Waals surface area contributed by atoms with Gasteiger partial charge in [0.25, 0.3) is 0 Å². The topological polar surface area (TPSA) is 83.5 Å². The molecule has 6 nitrogen and oxygen atoms in total. The fraction of sp³-hybridized carbons (Fsp3) is 0.100. The number of hydrogen-bond acceptors (Lipinski definition) is 6. The molecule has 0 aliphatic rings. The van der Waals surface area contributed by atoms with E-state index < -0.39 is 0 Å². The van der Waals surface area contributed by atoms with Crippen molar-refractivity contribution < 1.29 is 10.2 Å². The molecule has 0 atom stereocenters. The minimum Gasteiger partial charge on any atom is -0.508 e. The molecule has 0 spiro atoms. The Kier molecular flexibility index (Phi) is 2.02. The summed E-state index contributed by atoms with van der Waals surface area (Å²) in [7, 11) is 0. The van der Waals surface area contributed by atoms with Gasteiger partial charge in [0, 0.05) is 6.07 Å². The van der Waals surface area contributed by atoms with E-state index in [2.05, 4.69) is 15.3 Å². The average molecular weight is 248 g/mol. The Morgan fingerprint density at radius 1 is 1.24 bits per heavy atom. The van der Waals surface area contributed by atoms with Gasteiger partial charge in [-0.3, -0.25) is 0 Å². The van der Waals surface area contributed by atoms with Gasteiger partial charge >= 0.3 is 0 Å². The highest BCUT2D eigenvalue weighted by Crippen LogP contribution is 2.34. The summed E-state index contributed by atoms with van der Waals surface area (Å²) in [5, 5.41) is 31.7. The molecule has 0 radical (unpaired) electrons. The zero-order valence-electron chi connectivity index (χ0n) is 8.82. The van der Waals surface area contributed by atoms with Crippen molar-refractivity contribution >= 4 is 16.3 Å². The van der Waals surface area contributed by atoms with Gasteiger partial charge in [0.1, 0.15) is 11.5 Å². The van der Waals surface area contributed by atoms with Gasteiger partial charge in [-0.15, -0.1) is 10.2 Å². The normalized spacial score (nSPS) is 11.1. The maximum absolute atomic E-state index is 9.74. The highest BCUT2D eigenvalue weighted by atomic mass is 32.1. The lowest BCUT2D eigenvalue weighted by Gasteiger charge is -2.00. The average Bonchev–Trinajstić information content (AvgIpc) is 2.81. The lowest BCUT2D eigenvalue weighted by molar-refractivity contribution is 0.452. The number of benzene rings is 1. The minimum atomic E-state index is -0.00684. The molecular weight excluding hydrogens is 240 g/mol. The van der Waals surface area contributed by atoms with Crippen molar-refractivity contribution in [2.75, 3.05) is 0 Å². The SMILES string of the molecule is Cc1nnc2sc(-c3ccc(O)cc3O)nn12. The third kappa shape index (κ3) is 1.51. The molecule has 0 aliphatic heterocycles. The van der Waals surface area contributed by atoms with Crippen molar-refractivity contribution in [3.63, 3.8) is 0 Å². The molecule has 1 aromatic carbocycles. The molecular formula is C10H8N4O2S. The number of rotatable bonds is 1. The van der Waals surface area contributed by atoms with E-state index in [4.69, 9.17) is 0 Å². The number of phenolic OH excluding ortho intramolecular Hbond substituents is 2. The Labute approximate surface area is 99.8 Å². The van der Waals surface area contributed by atoms with Crippen LogP contribution in [-0.2, 0) is 0 Å². The molecule has 0 unspecified atom stereocenters. The quantitative estimate of drug-likeness (QED) is 0.683. The Bertz CT molecular complexity index is 703. The van der Waals surface area contributed by atoms with Crippen LogP contribution in [-0.4, -0.2) is 30.0 Å². The smallest absolute Gasteiger partial charge is 0.234 e. The summed E-state index contributed by atoms with van der Waals surface area (Å²) in [5.41, 5.74) is 0.567. The second kappa shape index (κ2) is 3.42. The van der Waals surface area contributed by atoms with E-state index in [0.717, 1.165) is 0 Å². The second-order valence-electron chi connectivity index (χ2n) is 3.55. The summed E-state index contributed by atoms with van der Waals surface area (Å²) >= 11 is 1.33. The molecule has 7 heteroatoms. The molecule has 0 saturated carbocycles. The molecule has 2 N–H and O–H groups in total. The van der Waals surface area contributed by atoms with Crippen molar-refractivity contribution in [3.8, 4) is 22.1 Å². The van der Waals surface area contributed by atoms with E-state index >= 15 is 0 Å². The van der Waals surface area contributed by atoms with E-state index in [-0.39, 0.29) is 11.5 Å². The van der Waals surface area contributed by atoms with Crippen LogP contribution in [0.3, 0.4) is 0 Å². The third-order valence-electron chi connectivity index (χ3n) is 2.36. The van der Waals surface area contributed by atoms with E-state index in [0.29, 0.717) is 21.4 Å². The standard InChI is InChI=1S/C10H8N4O2S/c1-5-11-12-10-14(5)13-9(17-10)7-3-2-6(15)4-8(7)16/h2-4,15-16H,1H3. The molecule has 0 aliphatic carbocycles. The lowest BCUT2D eigenvalue weighted by Crippen LogP contribution is -1.88. The van der Waals surface area contributed by atoms with Crippen LogP contribution in [0.2, 0.25) is 0 Å². The van der Waals surface area contributed by atoms with Crippen LogP contribution in [0.25, 0.3) is 15.5 Å². The lowest BCUT2D eigenvalue weighted by atomic mass is 10.2. The molecule has 0 amide bonds. The van der Waals surface area contributed by atoms with E-state index in [9.17, 15) is 10.2 Å². The summed E-state index contributed by atoms with van der Waals surface area (Å²) in [6, 6.07) is 4.40. The van der Waals surface area contributed by atoms with Gasteiger partial charge in [0.15, 0.2) is 10.8 Å². The summed E-state index contributed by atoms with van der Waals surface area (Å²) in [6.45, 7) is 1.81. The predicted molar refractivity (Wildman–Crippen MR) is 62.2 cm³/mol. The fourth-order valence-corrected chi connectivity index (χ4v) is 2.44. The van der Waals surface area contributed by atoms with Crippen LogP contribution in [0.1, 0.15) is 5.82 Å². The zero-order valence-corrected chi connectivity index (χ0v) is 9.64. The van der Waals surface area contributed by atoms with Gasteiger partial charge in [-0.05, 0) is 19.1 Å². The monoisotopic (exact) mass is 248 g/mol. The van der Waals surface area contributed by atoms with Gasteiger partial charge in [-0.2, -0.15) is 9.61 Å². The first-order valence-electron chi connectivity index (χ1n) is 4.86. The van der Waals surface area contributed by atoms with Gasteiger partial charge in [-0.25, -0.2) is 0 Å². The van der Waals surface area contributed by atoms with Crippen LogP contribution < -0.4 is 0 Å². The molecule has 3 aromatic rings. The highest BCUT2D eigenvalue weighted by molar-refractivity contribution is 7.19. The molecule has 3 rings (SSSR count). The summed E-state index contributed by atoms with van der Waals surface area (Å²) < 4.78 is 1.62. The first kappa shape index (κ1) is 10.0. The van der Waals surface area contributed by atoms with Gasteiger partial charge in [0.05, 0.1) is 5.56 Å². The molecule has 2 heterocycles. The molecule has 0 fully saturated rings. The fourth-order valence-electron chi connectivity index (χ4n) is 1.52. The molecule has 86 valence electrons. The largest absolute Gasteiger partial charge is 0.508 e. The van der Waals surface area contributed by atoms with Crippen LogP contribution >= 0.6 is 11.3 Å². The third-order valence-corrected chi connectivity index (χ3v) is 3.29. The van der Waals surface area contributed by atoms with Gasteiger partial charge in [-0.1, -0.05) is 11.3 Å². The predicted octanol–water partition coefficient (Wildman–Crippen LogP) is 1.57. The maximum atomic E-state index is 9.74. The maximum Gasteiger partial charge on any atom is 0.234 e. The van der Waals surface area contributed by atoms with E-state index in [1.165, 1.54) is 23.5 Å². The van der Waals surface area contributed by atoms with Crippen molar-refractivity contribution in [1.82, 2.24) is 19.8 Å². The van der Waals surface area contributed by atoms with Crippen molar-refractivity contribution in [1.29, 1.82) is 0 Å². The number of hydrogen-bond donors (Lipinski definition) is 2. The molecule has 17 heavy (non-hydrogen) atoms. The van der Waals surface area contributed by atoms with E-state index in [1.807, 2.05) is 0 Å². The minimum absolute atomic E-state index is 0.00684. The molecule has 0 saturated heterocycles. The Morgan fingerprint density at radius 3 is 2.76 bits per heavy atom. The van der Waals surface area contributed by atoms with Crippen LogP contribution in [0.4, 0.5) is 0 Å². The summed E-state index contributed by atoms with van der Waals surface area (Å²) in [5.74, 6) is 0.707. The van der Waals surface area contributed by atoms with Crippen LogP contribution in [0.5, 0.6) is 11.5 Å². The molecule has 0 bridgehead atoms. The Morgan fingerprint density at radius 2 is 2.06 bits per heavy atom. The van der Waals surface area contributed by atoms with Gasteiger partial charge < -0.3 is 10.2 Å². The van der Waals surface area contributed by atoms with Crippen molar-refractivity contribution in [2.24, 2.45) is 0 Å². The number of nitrogens with zero attached hydrogens (tertiary/aromatic N) is 4. The number of aryl methyl sites for hydroxylation is 1. The van der Waals surface area contributed by atoms with E-state index in [1.54, 1.807) is 17.5 Å². The second-order valence-corrected chi connectivity index (χ2v) is 4.51. The number of aromatic nitrogens is 4. The molecule has 2 aromatic heterocycles. The zero-order chi connectivity index (χ0) is 12.0. The van der Waals surface area contributed by atoms with Crippen LogP contribution in [0.15, 0.2) is 18.2 Å². The number of fused-ring (bicyclic) bond motifs is 1. The first-order chi connectivity index (χ1) is 8.15. The van der Waals surface area contributed by atoms with Crippen molar-refractivity contribution in [3.05, 3.63) is 24.0 Å². The Balaban J connectivity index is 2.20. The van der Waals surface area contributed by atoms with Gasteiger partial charge in [0.2, 0.25) is 4.96 Å². The van der Waals surface area contributed by atoms with Crippen molar-refractivity contribution in [2.45, 2.75) is 6.92 Å². The summed E-state index contributed by atoms with van der Waals surface area (Å²) in [6.07, 6.45) is 0. The Hall–Kier alpha value is -2.15. The first-order valence-corrected chi connectivity index (χ1v) is 5.68. The number of aromatic hydroxyl groups is 2. The summed E-state index contributed by atoms with van der Waals surface area (Å²) in [4.78, 5) is 0.671. The number of phenols is 2. The van der Waals surface area contributed by atoms with Crippen LogP contribution in [0, 0.1) is 6.92 Å². The highest BCUT2D eigenvalue weighted by Gasteiger charge is 2.13.